The molecule has 4 rings (SSSR count). The number of anilines is 1. The normalized spacial score (nSPS) is 23.3. The topological polar surface area (TPSA) is 50.2 Å². The first-order valence-electron chi connectivity index (χ1n) is 8.92. The summed E-state index contributed by atoms with van der Waals surface area (Å²) in [6.07, 6.45) is 1.84. The van der Waals surface area contributed by atoms with Crippen LogP contribution in [0.4, 0.5) is 14.5 Å². The number of fused-ring (bicyclic) bond motifs is 1. The first kappa shape index (κ1) is 17.0. The molecule has 2 aromatic rings. The van der Waals surface area contributed by atoms with Crippen molar-refractivity contribution in [3.05, 3.63) is 36.2 Å². The van der Waals surface area contributed by atoms with Crippen LogP contribution >= 0.6 is 0 Å². The largest absolute Gasteiger partial charge is 0.365 e. The second kappa shape index (κ2) is 6.07. The number of carbonyl (C=O) groups is 1. The molecule has 2 aliphatic rings. The molecular formula is C19H22F2N4O. The molecule has 1 unspecified atom stereocenters. The van der Waals surface area contributed by atoms with E-state index in [9.17, 15) is 13.6 Å². The summed E-state index contributed by atoms with van der Waals surface area (Å²) in [5.74, 6) is -3.04. The van der Waals surface area contributed by atoms with E-state index in [-0.39, 0.29) is 24.8 Å². The Hall–Kier alpha value is -2.44. The average Bonchev–Trinajstić information content (AvgIpc) is 2.90. The summed E-state index contributed by atoms with van der Waals surface area (Å²) in [6, 6.07) is 5.65. The van der Waals surface area contributed by atoms with Crippen LogP contribution in [0, 0.1) is 0 Å². The third kappa shape index (κ3) is 2.95. The van der Waals surface area contributed by atoms with E-state index < -0.39 is 5.92 Å². The molecule has 0 aliphatic carbocycles. The van der Waals surface area contributed by atoms with Gasteiger partial charge in [0.15, 0.2) is 0 Å². The first-order valence-corrected chi connectivity index (χ1v) is 8.92. The van der Waals surface area contributed by atoms with Crippen LogP contribution in [0.1, 0.15) is 37.3 Å². The van der Waals surface area contributed by atoms with Gasteiger partial charge in [0.05, 0.1) is 23.7 Å². The number of carbonyl (C=O) groups excluding carboxylic acids is 1. The van der Waals surface area contributed by atoms with Gasteiger partial charge in [0.2, 0.25) is 5.91 Å². The van der Waals surface area contributed by atoms with Gasteiger partial charge < -0.3 is 10.2 Å². The molecule has 1 aromatic heterocycles. The molecule has 26 heavy (non-hydrogen) atoms. The number of hydrogen-bond donors (Lipinski definition) is 1. The summed E-state index contributed by atoms with van der Waals surface area (Å²) in [4.78, 5) is 14.1. The highest BCUT2D eigenvalue weighted by Crippen LogP contribution is 2.35. The number of piperidine rings is 2. The molecular weight excluding hydrogens is 338 g/mol. The number of alkyl halides is 2. The maximum absolute atomic E-state index is 13.7. The van der Waals surface area contributed by atoms with Crippen LogP contribution in [0.15, 0.2) is 30.5 Å². The second-order valence-electron chi connectivity index (χ2n) is 7.28. The average molecular weight is 360 g/mol. The number of hydrogen-bond acceptors (Lipinski definition) is 3. The summed E-state index contributed by atoms with van der Waals surface area (Å²) in [7, 11) is 1.82. The highest BCUT2D eigenvalue weighted by atomic mass is 19.3. The first-order chi connectivity index (χ1) is 12.3. The lowest BCUT2D eigenvalue weighted by Crippen LogP contribution is -2.42. The molecule has 2 aliphatic heterocycles. The van der Waals surface area contributed by atoms with Gasteiger partial charge in [-0.05, 0) is 37.5 Å². The van der Waals surface area contributed by atoms with Crippen molar-refractivity contribution in [2.24, 2.45) is 7.05 Å². The summed E-state index contributed by atoms with van der Waals surface area (Å²) in [5.41, 5.74) is 3.10. The van der Waals surface area contributed by atoms with Crippen molar-refractivity contribution < 1.29 is 13.6 Å². The number of benzene rings is 1. The minimum atomic E-state index is -2.65. The fourth-order valence-corrected chi connectivity index (χ4v) is 3.95. The van der Waals surface area contributed by atoms with Gasteiger partial charge in [0.25, 0.3) is 5.92 Å². The summed E-state index contributed by atoms with van der Waals surface area (Å²) in [6.45, 7) is 4.18. The van der Waals surface area contributed by atoms with Crippen molar-refractivity contribution in [2.75, 3.05) is 18.0 Å². The van der Waals surface area contributed by atoms with E-state index in [1.165, 1.54) is 0 Å². The van der Waals surface area contributed by atoms with E-state index in [1.54, 1.807) is 9.58 Å². The quantitative estimate of drug-likeness (QED) is 0.894. The number of nitrogens with one attached hydrogen (secondary N) is 1. The Labute approximate surface area is 150 Å². The third-order valence-electron chi connectivity index (χ3n) is 5.30. The fourth-order valence-electron chi connectivity index (χ4n) is 3.95. The maximum atomic E-state index is 13.7. The lowest BCUT2D eigenvalue weighted by Gasteiger charge is -2.34. The standard InChI is InChI=1S/C19H22F2N4O/c1-12-4-6-15(18(26)22-12)17-14-7-5-13(10-16(14)24(2)23-17)25-9-3-8-19(20,21)11-25/h5,7,10,15H,1,3-4,6,8-9,11H2,2H3,(H,22,26). The van der Waals surface area contributed by atoms with Gasteiger partial charge in [-0.25, -0.2) is 8.78 Å². The van der Waals surface area contributed by atoms with Crippen LogP contribution in [-0.2, 0) is 11.8 Å². The van der Waals surface area contributed by atoms with E-state index in [4.69, 9.17) is 0 Å². The number of amides is 1. The minimum Gasteiger partial charge on any atom is -0.365 e. The van der Waals surface area contributed by atoms with Crippen molar-refractivity contribution in [1.29, 1.82) is 0 Å². The second-order valence-corrected chi connectivity index (χ2v) is 7.28. The Morgan fingerprint density at radius 2 is 2.19 bits per heavy atom. The van der Waals surface area contributed by atoms with Gasteiger partial charge in [0, 0.05) is 36.8 Å². The molecule has 0 saturated carbocycles. The highest BCUT2D eigenvalue weighted by Gasteiger charge is 2.35. The molecule has 0 spiro atoms. The van der Waals surface area contributed by atoms with Gasteiger partial charge >= 0.3 is 0 Å². The summed E-state index contributed by atoms with van der Waals surface area (Å²) in [5, 5.41) is 8.26. The molecule has 7 heteroatoms. The molecule has 1 atom stereocenters. The van der Waals surface area contributed by atoms with Crippen LogP contribution < -0.4 is 10.2 Å². The van der Waals surface area contributed by atoms with Crippen molar-refractivity contribution >= 4 is 22.5 Å². The number of aromatic nitrogens is 2. The Balaban J connectivity index is 1.69. The Morgan fingerprint density at radius 1 is 1.38 bits per heavy atom. The van der Waals surface area contributed by atoms with Gasteiger partial charge in [-0.15, -0.1) is 0 Å². The number of allylic oxidation sites excluding steroid dienone is 1. The van der Waals surface area contributed by atoms with E-state index in [1.807, 2.05) is 25.2 Å². The number of aryl methyl sites for hydroxylation is 1. The van der Waals surface area contributed by atoms with E-state index in [2.05, 4.69) is 17.0 Å². The zero-order chi connectivity index (χ0) is 18.5. The number of nitrogens with zero attached hydrogens (tertiary/aromatic N) is 3. The fraction of sp³-hybridized carbons (Fsp3) is 0.474. The van der Waals surface area contributed by atoms with Gasteiger partial charge in [-0.3, -0.25) is 9.48 Å². The molecule has 5 nitrogen and oxygen atoms in total. The lowest BCUT2D eigenvalue weighted by molar-refractivity contribution is -0.122. The van der Waals surface area contributed by atoms with Gasteiger partial charge in [0.1, 0.15) is 0 Å². The van der Waals surface area contributed by atoms with Crippen molar-refractivity contribution in [3.8, 4) is 0 Å². The lowest BCUT2D eigenvalue weighted by atomic mass is 9.92. The van der Waals surface area contributed by atoms with Crippen LogP contribution in [0.3, 0.4) is 0 Å². The molecule has 2 fully saturated rings. The Morgan fingerprint density at radius 3 is 2.92 bits per heavy atom. The van der Waals surface area contributed by atoms with Crippen LogP contribution in [-0.4, -0.2) is 34.7 Å². The Bertz CT molecular complexity index is 889. The smallest absolute Gasteiger partial charge is 0.265 e. The number of halogens is 2. The summed E-state index contributed by atoms with van der Waals surface area (Å²) >= 11 is 0. The molecule has 1 N–H and O–H groups in total. The SMILES string of the molecule is C=C1CCC(c2nn(C)c3cc(N4CCCC(F)(F)C4)ccc23)C(=O)N1. The van der Waals surface area contributed by atoms with E-state index in [0.29, 0.717) is 19.4 Å². The minimum absolute atomic E-state index is 0.0519. The maximum Gasteiger partial charge on any atom is 0.265 e. The zero-order valence-electron chi connectivity index (χ0n) is 14.8. The van der Waals surface area contributed by atoms with E-state index in [0.717, 1.165) is 34.4 Å². The highest BCUT2D eigenvalue weighted by molar-refractivity contribution is 5.93. The number of rotatable bonds is 2. The van der Waals surface area contributed by atoms with E-state index >= 15 is 0 Å². The van der Waals surface area contributed by atoms with Crippen LogP contribution in [0.2, 0.25) is 0 Å². The monoisotopic (exact) mass is 360 g/mol. The molecule has 3 heterocycles. The Kier molecular flexibility index (Phi) is 3.97. The molecule has 2 saturated heterocycles. The van der Waals surface area contributed by atoms with Crippen LogP contribution in [0.5, 0.6) is 0 Å². The predicted molar refractivity (Wildman–Crippen MR) is 96.4 cm³/mol. The molecule has 1 amide bonds. The summed E-state index contributed by atoms with van der Waals surface area (Å²) < 4.78 is 29.2. The predicted octanol–water partition coefficient (Wildman–Crippen LogP) is 3.32. The van der Waals surface area contributed by atoms with Gasteiger partial charge in [-0.2, -0.15) is 5.10 Å². The molecule has 1 aromatic carbocycles. The van der Waals surface area contributed by atoms with Crippen LogP contribution in [0.25, 0.3) is 10.9 Å². The zero-order valence-corrected chi connectivity index (χ0v) is 14.8. The molecule has 0 radical (unpaired) electrons. The van der Waals surface area contributed by atoms with Crippen molar-refractivity contribution in [3.63, 3.8) is 0 Å². The van der Waals surface area contributed by atoms with Gasteiger partial charge in [-0.1, -0.05) is 6.58 Å². The third-order valence-corrected chi connectivity index (χ3v) is 5.30. The van der Waals surface area contributed by atoms with Crippen molar-refractivity contribution in [2.45, 2.75) is 37.5 Å². The van der Waals surface area contributed by atoms with Crippen molar-refractivity contribution in [1.82, 2.24) is 15.1 Å². The molecule has 0 bridgehead atoms. The molecule has 138 valence electrons.